The Kier molecular flexibility index (Phi) is 11.8. The number of allylic oxidation sites excluding steroid dienone is 2. The fourth-order valence-electron chi connectivity index (χ4n) is 1.57. The number of rotatable bonds is 16. The van der Waals surface area contributed by atoms with Gasteiger partial charge in [0.2, 0.25) is 0 Å². The van der Waals surface area contributed by atoms with Gasteiger partial charge in [-0.3, -0.25) is 0 Å². The minimum Gasteiger partial charge on any atom is -0.467 e. The maximum absolute atomic E-state index is 12.2. The predicted octanol–water partition coefficient (Wildman–Crippen LogP) is 2.22. The van der Waals surface area contributed by atoms with Crippen LogP contribution in [-0.2, 0) is 34.7 Å². The number of hydrogen-bond acceptors (Lipinski definition) is 7. The average Bonchev–Trinajstić information content (AvgIpc) is 2.44. The van der Waals surface area contributed by atoms with Crippen LogP contribution in [0.1, 0.15) is 25.7 Å². The van der Waals surface area contributed by atoms with E-state index in [0.717, 1.165) is 0 Å². The Labute approximate surface area is 148 Å². The van der Waals surface area contributed by atoms with Gasteiger partial charge in [0, 0.05) is 26.1 Å². The van der Waals surface area contributed by atoms with Crippen molar-refractivity contribution in [1.82, 2.24) is 0 Å². The second-order valence-electron chi connectivity index (χ2n) is 5.10. The van der Waals surface area contributed by atoms with Crippen molar-refractivity contribution in [2.75, 3.05) is 37.9 Å². The van der Waals surface area contributed by atoms with Crippen LogP contribution >= 0.6 is 0 Å². The normalized spacial score (nSPS) is 12.1. The molecule has 0 aromatic heterocycles. The summed E-state index contributed by atoms with van der Waals surface area (Å²) in [7, 11) is -9.01. The van der Waals surface area contributed by atoms with E-state index in [9.17, 15) is 24.6 Å². The van der Waals surface area contributed by atoms with Crippen LogP contribution in [0.3, 0.4) is 0 Å². The molecule has 0 aromatic rings. The van der Waals surface area contributed by atoms with Gasteiger partial charge in [-0.15, -0.1) is 7.77 Å². The van der Waals surface area contributed by atoms with Crippen LogP contribution in [0, 0.1) is 0 Å². The Balaban J connectivity index is 3.58. The second kappa shape index (κ2) is 12.3. The summed E-state index contributed by atoms with van der Waals surface area (Å²) in [5.41, 5.74) is 0. The molecule has 7 nitrogen and oxygen atoms in total. The molecule has 0 rings (SSSR count). The van der Waals surface area contributed by atoms with E-state index in [4.69, 9.17) is 14.2 Å². The van der Waals surface area contributed by atoms with Crippen molar-refractivity contribution in [3.63, 3.8) is 0 Å². The van der Waals surface area contributed by atoms with E-state index in [0.29, 0.717) is 37.2 Å². The zero-order valence-corrected chi connectivity index (χ0v) is 15.5. The molecule has 0 aliphatic rings. The Hall–Kier alpha value is -1.04. The fourth-order valence-corrected chi connectivity index (χ4v) is 2.20. The van der Waals surface area contributed by atoms with Crippen molar-refractivity contribution in [2.24, 2.45) is 0 Å². The zero-order valence-electron chi connectivity index (χ0n) is 13.9. The van der Waals surface area contributed by atoms with Crippen LogP contribution in [-0.4, -0.2) is 54.8 Å². The summed E-state index contributed by atoms with van der Waals surface area (Å²) >= 11 is 0. The molecule has 11 heteroatoms. The van der Waals surface area contributed by atoms with Crippen molar-refractivity contribution in [3.8, 4) is 0 Å². The molecule has 25 heavy (non-hydrogen) atoms. The highest BCUT2D eigenvalue weighted by Crippen LogP contribution is 2.13. The van der Waals surface area contributed by atoms with Crippen LogP contribution in [0.2, 0.25) is 0 Å². The molecule has 0 aliphatic heterocycles. The van der Waals surface area contributed by atoms with Gasteiger partial charge in [-0.1, -0.05) is 13.2 Å². The Morgan fingerprint density at radius 3 is 1.40 bits per heavy atom. The summed E-state index contributed by atoms with van der Waals surface area (Å²) in [5.74, 6) is -0.423. The molecule has 0 saturated carbocycles. The van der Waals surface area contributed by atoms with E-state index in [-0.39, 0.29) is 26.4 Å². The first-order chi connectivity index (χ1) is 11.5. The quantitative estimate of drug-likeness (QED) is 0.220. The van der Waals surface area contributed by atoms with Crippen LogP contribution in [0.4, 0.5) is 7.77 Å². The molecular weight excluding hydrogens is 382 g/mol. The Morgan fingerprint density at radius 2 is 1.08 bits per heavy atom. The lowest BCUT2D eigenvalue weighted by Crippen LogP contribution is -2.08. The molecule has 0 heterocycles. The van der Waals surface area contributed by atoms with Crippen LogP contribution in [0.25, 0.3) is 0 Å². The highest BCUT2D eigenvalue weighted by molar-refractivity contribution is 7.86. The molecule has 0 unspecified atom stereocenters. The average molecular weight is 406 g/mol. The van der Waals surface area contributed by atoms with Crippen molar-refractivity contribution in [1.29, 1.82) is 0 Å². The van der Waals surface area contributed by atoms with Crippen molar-refractivity contribution < 1.29 is 38.8 Å². The minimum absolute atomic E-state index is 0.206. The molecule has 0 atom stereocenters. The summed E-state index contributed by atoms with van der Waals surface area (Å²) in [6.45, 7) is 7.48. The van der Waals surface area contributed by atoms with Gasteiger partial charge in [0.25, 0.3) is 0 Å². The molecule has 148 valence electrons. The molecule has 0 radical (unpaired) electrons. The van der Waals surface area contributed by atoms with Crippen LogP contribution < -0.4 is 0 Å². The molecule has 0 aromatic carbocycles. The molecular formula is C14H24F2O7S2. The topological polar surface area (TPSA) is 96.0 Å². The third-order valence-electron chi connectivity index (χ3n) is 2.72. The largest absolute Gasteiger partial charge is 0.467 e. The first-order valence-electron chi connectivity index (χ1n) is 7.53. The summed E-state index contributed by atoms with van der Waals surface area (Å²) in [6, 6.07) is 0. The summed E-state index contributed by atoms with van der Waals surface area (Å²) < 4.78 is 80.6. The monoisotopic (exact) mass is 406 g/mol. The molecule has 0 aliphatic carbocycles. The number of ether oxygens (including phenoxy) is 3. The summed E-state index contributed by atoms with van der Waals surface area (Å²) in [4.78, 5) is 0. The van der Waals surface area contributed by atoms with Crippen LogP contribution in [0.15, 0.2) is 24.7 Å². The van der Waals surface area contributed by atoms with Gasteiger partial charge in [0.1, 0.15) is 11.5 Å². The van der Waals surface area contributed by atoms with Gasteiger partial charge >= 0.3 is 20.4 Å². The van der Waals surface area contributed by atoms with E-state index >= 15 is 0 Å². The van der Waals surface area contributed by atoms with Crippen LogP contribution in [0.5, 0.6) is 0 Å². The molecule has 0 bridgehead atoms. The van der Waals surface area contributed by atoms with Crippen molar-refractivity contribution in [3.05, 3.63) is 24.7 Å². The lowest BCUT2D eigenvalue weighted by molar-refractivity contribution is 0.137. The summed E-state index contributed by atoms with van der Waals surface area (Å²) in [6.07, 6.45) is 1.98. The zero-order chi connectivity index (χ0) is 19.3. The highest BCUT2D eigenvalue weighted by Gasteiger charge is 2.07. The number of halogens is 2. The van der Waals surface area contributed by atoms with Crippen molar-refractivity contribution in [2.45, 2.75) is 25.7 Å². The second-order valence-corrected chi connectivity index (χ2v) is 8.07. The third-order valence-corrected chi connectivity index (χ3v) is 4.03. The van der Waals surface area contributed by atoms with Gasteiger partial charge in [-0.05, 0) is 12.8 Å². The van der Waals surface area contributed by atoms with Gasteiger partial charge in [-0.25, -0.2) is 0 Å². The molecule has 0 saturated heterocycles. The predicted molar refractivity (Wildman–Crippen MR) is 89.3 cm³/mol. The number of hydrogen-bond donors (Lipinski definition) is 0. The smallest absolute Gasteiger partial charge is 0.304 e. The van der Waals surface area contributed by atoms with Gasteiger partial charge in [0.15, 0.2) is 0 Å². The first kappa shape index (κ1) is 24.0. The first-order valence-corrected chi connectivity index (χ1v) is 10.6. The SMILES string of the molecule is C=C(CCCOCCS(=O)(=O)F)OC(=C)CCCOCCS(=O)(=O)F. The Bertz CT molecular complexity index is 561. The Morgan fingerprint density at radius 1 is 0.720 bits per heavy atom. The van der Waals surface area contributed by atoms with E-state index in [1.165, 1.54) is 0 Å². The maximum atomic E-state index is 12.2. The van der Waals surface area contributed by atoms with Gasteiger partial charge < -0.3 is 14.2 Å². The van der Waals surface area contributed by atoms with E-state index in [2.05, 4.69) is 13.2 Å². The lowest BCUT2D eigenvalue weighted by Gasteiger charge is -2.11. The van der Waals surface area contributed by atoms with E-state index in [1.54, 1.807) is 0 Å². The fraction of sp³-hybridized carbons (Fsp3) is 0.714. The van der Waals surface area contributed by atoms with Gasteiger partial charge in [0.05, 0.1) is 24.7 Å². The van der Waals surface area contributed by atoms with E-state index in [1.807, 2.05) is 0 Å². The van der Waals surface area contributed by atoms with Gasteiger partial charge in [-0.2, -0.15) is 16.8 Å². The maximum Gasteiger partial charge on any atom is 0.304 e. The lowest BCUT2D eigenvalue weighted by atomic mass is 10.2. The molecule has 0 N–H and O–H groups in total. The standard InChI is InChI=1S/C14H24F2O7S2/c1-13(5-3-7-21-9-11-24(15,17)18)23-14(2)6-4-8-22-10-12-25(16,19)20/h1-12H2. The minimum atomic E-state index is -4.50. The summed E-state index contributed by atoms with van der Waals surface area (Å²) in [5, 5.41) is 0. The molecule has 0 amide bonds. The third kappa shape index (κ3) is 19.1. The van der Waals surface area contributed by atoms with Crippen molar-refractivity contribution >= 4 is 20.4 Å². The highest BCUT2D eigenvalue weighted by atomic mass is 32.3. The molecule has 0 spiro atoms. The van der Waals surface area contributed by atoms with E-state index < -0.39 is 32.0 Å². The molecule has 0 fully saturated rings.